The maximum atomic E-state index is 13.0. The van der Waals surface area contributed by atoms with E-state index in [-0.39, 0.29) is 23.8 Å². The van der Waals surface area contributed by atoms with E-state index in [1.165, 1.54) is 19.3 Å². The van der Waals surface area contributed by atoms with Gasteiger partial charge in [0.25, 0.3) is 0 Å². The number of hydrogen-bond donors (Lipinski definition) is 0. The Labute approximate surface area is 170 Å². The standard InChI is InChI=1S/C23H28N2O4/c1-13-4-19(15(3)25(13)21-5-14(2)29-24-21)20(26)12-28-22(27)23-9-16-6-17(10-23)8-18(7-16)11-23/h4-5,16-18H,6-12H2,1-3H3. The lowest BCUT2D eigenvalue weighted by Crippen LogP contribution is -2.50. The second-order valence-electron chi connectivity index (χ2n) is 9.61. The molecule has 0 saturated heterocycles. The third-order valence-corrected chi connectivity index (χ3v) is 7.38. The zero-order valence-corrected chi connectivity index (χ0v) is 17.4. The molecule has 0 atom stereocenters. The van der Waals surface area contributed by atoms with Gasteiger partial charge in [-0.1, -0.05) is 5.16 Å². The molecule has 4 aliphatic carbocycles. The van der Waals surface area contributed by atoms with E-state index >= 15 is 0 Å². The second-order valence-corrected chi connectivity index (χ2v) is 9.61. The van der Waals surface area contributed by atoms with E-state index in [0.717, 1.165) is 30.7 Å². The van der Waals surface area contributed by atoms with Crippen molar-refractivity contribution in [3.05, 3.63) is 34.8 Å². The van der Waals surface area contributed by atoms with Crippen LogP contribution in [0.15, 0.2) is 16.7 Å². The fourth-order valence-corrected chi connectivity index (χ4v) is 6.58. The molecule has 154 valence electrons. The summed E-state index contributed by atoms with van der Waals surface area (Å²) in [4.78, 5) is 25.9. The Morgan fingerprint density at radius 2 is 1.72 bits per heavy atom. The summed E-state index contributed by atoms with van der Waals surface area (Å²) in [5, 5.41) is 4.05. The summed E-state index contributed by atoms with van der Waals surface area (Å²) in [6, 6.07) is 3.67. The van der Waals surface area contributed by atoms with Gasteiger partial charge < -0.3 is 9.26 Å². The Balaban J connectivity index is 1.30. The Morgan fingerprint density at radius 3 is 2.28 bits per heavy atom. The highest BCUT2D eigenvalue weighted by Gasteiger charge is 2.55. The molecule has 6 heteroatoms. The van der Waals surface area contributed by atoms with Gasteiger partial charge in [-0.2, -0.15) is 0 Å². The van der Waals surface area contributed by atoms with Gasteiger partial charge in [0.1, 0.15) is 5.76 Å². The zero-order valence-electron chi connectivity index (χ0n) is 17.4. The van der Waals surface area contributed by atoms with Gasteiger partial charge in [-0.3, -0.25) is 14.2 Å². The Hall–Kier alpha value is -2.37. The van der Waals surface area contributed by atoms with Crippen LogP contribution in [0.3, 0.4) is 0 Å². The monoisotopic (exact) mass is 396 g/mol. The predicted octanol–water partition coefficient (Wildman–Crippen LogP) is 4.33. The van der Waals surface area contributed by atoms with Crippen LogP contribution in [0.25, 0.3) is 5.82 Å². The number of aryl methyl sites for hydroxylation is 2. The number of aromatic nitrogens is 2. The van der Waals surface area contributed by atoms with Crippen LogP contribution in [-0.2, 0) is 9.53 Å². The van der Waals surface area contributed by atoms with Crippen molar-refractivity contribution in [2.24, 2.45) is 23.2 Å². The highest BCUT2D eigenvalue weighted by Crippen LogP contribution is 2.60. The number of ether oxygens (including phenoxy) is 1. The van der Waals surface area contributed by atoms with Gasteiger partial charge in [0.15, 0.2) is 12.4 Å². The van der Waals surface area contributed by atoms with E-state index in [9.17, 15) is 9.59 Å². The summed E-state index contributed by atoms with van der Waals surface area (Å²) in [6.07, 6.45) is 6.68. The number of hydrogen-bond acceptors (Lipinski definition) is 5. The van der Waals surface area contributed by atoms with Crippen molar-refractivity contribution in [1.82, 2.24) is 9.72 Å². The fourth-order valence-electron chi connectivity index (χ4n) is 6.58. The number of rotatable bonds is 5. The van der Waals surface area contributed by atoms with E-state index < -0.39 is 0 Å². The van der Waals surface area contributed by atoms with E-state index in [1.807, 2.05) is 37.5 Å². The van der Waals surface area contributed by atoms with Gasteiger partial charge in [-0.25, -0.2) is 0 Å². The van der Waals surface area contributed by atoms with Crippen molar-refractivity contribution in [3.8, 4) is 5.82 Å². The minimum absolute atomic E-state index is 0.147. The molecule has 2 aromatic rings. The van der Waals surface area contributed by atoms with Crippen LogP contribution in [0.4, 0.5) is 0 Å². The van der Waals surface area contributed by atoms with E-state index in [2.05, 4.69) is 5.16 Å². The van der Waals surface area contributed by atoms with Crippen molar-refractivity contribution in [2.75, 3.05) is 6.61 Å². The van der Waals surface area contributed by atoms with Gasteiger partial charge in [0.2, 0.25) is 5.78 Å². The van der Waals surface area contributed by atoms with Crippen LogP contribution < -0.4 is 0 Å². The lowest BCUT2D eigenvalue weighted by atomic mass is 9.49. The summed E-state index contributed by atoms with van der Waals surface area (Å²) in [7, 11) is 0. The van der Waals surface area contributed by atoms with Crippen molar-refractivity contribution < 1.29 is 18.8 Å². The van der Waals surface area contributed by atoms with Crippen LogP contribution in [0.1, 0.15) is 66.0 Å². The SMILES string of the molecule is Cc1cc(-n2c(C)cc(C(=O)COC(=O)C34CC5CC(CC(C5)C3)C4)c2C)no1. The molecular weight excluding hydrogens is 368 g/mol. The first-order valence-electron chi connectivity index (χ1n) is 10.7. The van der Waals surface area contributed by atoms with Gasteiger partial charge in [-0.05, 0) is 83.1 Å². The fraction of sp³-hybridized carbons (Fsp3) is 0.609. The number of carbonyl (C=O) groups excluding carboxylic acids is 2. The molecule has 2 aromatic heterocycles. The molecule has 4 fully saturated rings. The first-order chi connectivity index (χ1) is 13.8. The molecule has 0 amide bonds. The zero-order chi connectivity index (χ0) is 20.3. The molecule has 0 N–H and O–H groups in total. The van der Waals surface area contributed by atoms with Crippen molar-refractivity contribution >= 4 is 11.8 Å². The number of esters is 1. The number of Topliss-reactive ketones (excluding diaryl/α,β-unsaturated/α-hetero) is 1. The normalized spacial score (nSPS) is 30.0. The first kappa shape index (κ1) is 18.6. The smallest absolute Gasteiger partial charge is 0.312 e. The van der Waals surface area contributed by atoms with Crippen LogP contribution >= 0.6 is 0 Å². The molecule has 6 nitrogen and oxygen atoms in total. The summed E-state index contributed by atoms with van der Waals surface area (Å²) in [5.41, 5.74) is 1.92. The number of carbonyl (C=O) groups is 2. The number of ketones is 1. The molecule has 2 heterocycles. The molecule has 0 spiro atoms. The van der Waals surface area contributed by atoms with Crippen molar-refractivity contribution in [2.45, 2.75) is 59.3 Å². The third kappa shape index (κ3) is 3.04. The highest BCUT2D eigenvalue weighted by molar-refractivity contribution is 5.99. The molecular formula is C23H28N2O4. The summed E-state index contributed by atoms with van der Waals surface area (Å²) in [6.45, 7) is 5.45. The van der Waals surface area contributed by atoms with E-state index in [4.69, 9.17) is 9.26 Å². The third-order valence-electron chi connectivity index (χ3n) is 7.38. The lowest BCUT2D eigenvalue weighted by molar-refractivity contribution is -0.170. The van der Waals surface area contributed by atoms with Gasteiger partial charge >= 0.3 is 5.97 Å². The summed E-state index contributed by atoms with van der Waals surface area (Å²) < 4.78 is 12.7. The minimum atomic E-state index is -0.329. The predicted molar refractivity (Wildman–Crippen MR) is 106 cm³/mol. The minimum Gasteiger partial charge on any atom is -0.457 e. The van der Waals surface area contributed by atoms with Crippen molar-refractivity contribution in [3.63, 3.8) is 0 Å². The maximum absolute atomic E-state index is 13.0. The van der Waals surface area contributed by atoms with Gasteiger partial charge in [0, 0.05) is 23.0 Å². The molecule has 0 radical (unpaired) electrons. The second kappa shape index (κ2) is 6.57. The van der Waals surface area contributed by atoms with Crippen LogP contribution in [0.2, 0.25) is 0 Å². The van der Waals surface area contributed by atoms with Crippen LogP contribution in [0, 0.1) is 43.9 Å². The average molecular weight is 396 g/mol. The average Bonchev–Trinajstić information content (AvgIpc) is 3.20. The Kier molecular flexibility index (Phi) is 4.23. The van der Waals surface area contributed by atoms with Crippen LogP contribution in [0.5, 0.6) is 0 Å². The highest BCUT2D eigenvalue weighted by atomic mass is 16.5. The molecule has 0 aromatic carbocycles. The molecule has 4 bridgehead atoms. The topological polar surface area (TPSA) is 74.3 Å². The first-order valence-corrected chi connectivity index (χ1v) is 10.7. The van der Waals surface area contributed by atoms with Crippen LogP contribution in [-0.4, -0.2) is 28.1 Å². The molecule has 0 aliphatic heterocycles. The molecule has 4 aliphatic rings. The lowest BCUT2D eigenvalue weighted by Gasteiger charge is -2.55. The van der Waals surface area contributed by atoms with E-state index in [0.29, 0.717) is 34.9 Å². The summed E-state index contributed by atoms with van der Waals surface area (Å²) in [5.74, 6) is 3.08. The molecule has 4 saturated carbocycles. The quantitative estimate of drug-likeness (QED) is 0.555. The molecule has 6 rings (SSSR count). The Morgan fingerprint density at radius 1 is 1.10 bits per heavy atom. The Bertz CT molecular complexity index is 948. The molecule has 29 heavy (non-hydrogen) atoms. The van der Waals surface area contributed by atoms with Gasteiger partial charge in [0.05, 0.1) is 5.41 Å². The van der Waals surface area contributed by atoms with Gasteiger partial charge in [-0.15, -0.1) is 0 Å². The summed E-state index contributed by atoms with van der Waals surface area (Å²) >= 11 is 0. The van der Waals surface area contributed by atoms with Crippen molar-refractivity contribution in [1.29, 1.82) is 0 Å². The number of nitrogens with zero attached hydrogens (tertiary/aromatic N) is 2. The largest absolute Gasteiger partial charge is 0.457 e. The molecule has 0 unspecified atom stereocenters. The maximum Gasteiger partial charge on any atom is 0.312 e. The van der Waals surface area contributed by atoms with E-state index in [1.54, 1.807) is 0 Å².